The molecule has 0 aliphatic rings. The molecule has 0 atom stereocenters. The van der Waals surface area contributed by atoms with Crippen LogP contribution in [0.25, 0.3) is 0 Å². The Morgan fingerprint density at radius 3 is 2.45 bits per heavy atom. The van der Waals surface area contributed by atoms with Gasteiger partial charge in [0, 0.05) is 24.3 Å². The second-order valence-electron chi connectivity index (χ2n) is 4.71. The fourth-order valence-corrected chi connectivity index (χ4v) is 2.16. The fourth-order valence-electron chi connectivity index (χ4n) is 2.16. The molecule has 0 unspecified atom stereocenters. The van der Waals surface area contributed by atoms with Crippen molar-refractivity contribution < 1.29 is 9.47 Å². The number of nitrogens with zero attached hydrogens (tertiary/aromatic N) is 1. The summed E-state index contributed by atoms with van der Waals surface area (Å²) in [5.74, 6) is 1.50. The number of rotatable bonds is 6. The van der Waals surface area contributed by atoms with Gasteiger partial charge in [-0.3, -0.25) is 5.10 Å². The number of aromatic nitrogens is 2. The lowest BCUT2D eigenvalue weighted by Gasteiger charge is -2.10. The third kappa shape index (κ3) is 3.11. The molecular formula is C15H21N3O2. The van der Waals surface area contributed by atoms with E-state index >= 15 is 0 Å². The van der Waals surface area contributed by atoms with Gasteiger partial charge < -0.3 is 14.8 Å². The van der Waals surface area contributed by atoms with E-state index in [-0.39, 0.29) is 0 Å². The van der Waals surface area contributed by atoms with Crippen LogP contribution in [0.15, 0.2) is 18.2 Å². The average molecular weight is 275 g/mol. The zero-order valence-electron chi connectivity index (χ0n) is 12.4. The summed E-state index contributed by atoms with van der Waals surface area (Å²) in [7, 11) is 3.29. The van der Waals surface area contributed by atoms with Gasteiger partial charge in [0.15, 0.2) is 11.5 Å². The van der Waals surface area contributed by atoms with Crippen molar-refractivity contribution in [2.24, 2.45) is 0 Å². The summed E-state index contributed by atoms with van der Waals surface area (Å²) >= 11 is 0. The Morgan fingerprint density at radius 2 is 1.85 bits per heavy atom. The van der Waals surface area contributed by atoms with Gasteiger partial charge in [0.05, 0.1) is 19.9 Å². The van der Waals surface area contributed by atoms with Crippen molar-refractivity contribution in [2.75, 3.05) is 14.2 Å². The van der Waals surface area contributed by atoms with Gasteiger partial charge in [-0.2, -0.15) is 5.10 Å². The molecule has 0 saturated heterocycles. The molecule has 0 radical (unpaired) electrons. The first-order valence-corrected chi connectivity index (χ1v) is 6.57. The number of hydrogen-bond donors (Lipinski definition) is 2. The molecule has 5 heteroatoms. The van der Waals surface area contributed by atoms with Crippen LogP contribution < -0.4 is 14.8 Å². The highest BCUT2D eigenvalue weighted by molar-refractivity contribution is 5.42. The largest absolute Gasteiger partial charge is 0.493 e. The van der Waals surface area contributed by atoms with E-state index in [4.69, 9.17) is 9.47 Å². The summed E-state index contributed by atoms with van der Waals surface area (Å²) in [6.45, 7) is 5.61. The Balaban J connectivity index is 1.98. The van der Waals surface area contributed by atoms with Crippen LogP contribution in [0.5, 0.6) is 11.5 Å². The van der Waals surface area contributed by atoms with Crippen molar-refractivity contribution in [2.45, 2.75) is 26.9 Å². The van der Waals surface area contributed by atoms with Crippen LogP contribution in [0.4, 0.5) is 0 Å². The fraction of sp³-hybridized carbons (Fsp3) is 0.400. The van der Waals surface area contributed by atoms with Crippen molar-refractivity contribution in [3.8, 4) is 11.5 Å². The lowest BCUT2D eigenvalue weighted by Crippen LogP contribution is -2.13. The van der Waals surface area contributed by atoms with Crippen molar-refractivity contribution >= 4 is 0 Å². The third-order valence-electron chi connectivity index (χ3n) is 3.36. The Morgan fingerprint density at radius 1 is 1.10 bits per heavy atom. The van der Waals surface area contributed by atoms with Crippen molar-refractivity contribution in [1.82, 2.24) is 15.5 Å². The monoisotopic (exact) mass is 275 g/mol. The molecular weight excluding hydrogens is 254 g/mol. The maximum Gasteiger partial charge on any atom is 0.161 e. The quantitative estimate of drug-likeness (QED) is 0.849. The predicted octanol–water partition coefficient (Wildman–Crippen LogP) is 2.33. The predicted molar refractivity (Wildman–Crippen MR) is 78.2 cm³/mol. The van der Waals surface area contributed by atoms with Gasteiger partial charge in [0.25, 0.3) is 0 Å². The molecule has 0 aliphatic heterocycles. The maximum absolute atomic E-state index is 5.30. The summed E-state index contributed by atoms with van der Waals surface area (Å²) in [5.41, 5.74) is 4.54. The molecule has 108 valence electrons. The van der Waals surface area contributed by atoms with E-state index in [9.17, 15) is 0 Å². The van der Waals surface area contributed by atoms with E-state index in [1.165, 1.54) is 5.56 Å². The smallest absolute Gasteiger partial charge is 0.161 e. The summed E-state index contributed by atoms with van der Waals surface area (Å²) < 4.78 is 10.5. The highest BCUT2D eigenvalue weighted by Crippen LogP contribution is 2.27. The number of ether oxygens (including phenoxy) is 2. The lowest BCUT2D eigenvalue weighted by molar-refractivity contribution is 0.354. The van der Waals surface area contributed by atoms with E-state index in [1.54, 1.807) is 14.2 Å². The van der Waals surface area contributed by atoms with Crippen LogP contribution in [-0.4, -0.2) is 24.4 Å². The molecule has 2 rings (SSSR count). The first-order valence-electron chi connectivity index (χ1n) is 6.57. The molecule has 0 amide bonds. The molecule has 0 spiro atoms. The van der Waals surface area contributed by atoms with Crippen LogP contribution in [-0.2, 0) is 13.1 Å². The molecule has 1 aromatic heterocycles. The molecule has 1 aromatic carbocycles. The number of aryl methyl sites for hydroxylation is 2. The van der Waals surface area contributed by atoms with Crippen LogP contribution in [0.2, 0.25) is 0 Å². The van der Waals surface area contributed by atoms with Crippen LogP contribution in [0, 0.1) is 13.8 Å². The minimum Gasteiger partial charge on any atom is -0.493 e. The topological polar surface area (TPSA) is 59.2 Å². The molecule has 20 heavy (non-hydrogen) atoms. The van der Waals surface area contributed by atoms with E-state index in [0.717, 1.165) is 41.5 Å². The average Bonchev–Trinajstić information content (AvgIpc) is 2.78. The molecule has 0 bridgehead atoms. The van der Waals surface area contributed by atoms with E-state index in [2.05, 4.69) is 15.5 Å². The van der Waals surface area contributed by atoms with Gasteiger partial charge >= 0.3 is 0 Å². The zero-order valence-corrected chi connectivity index (χ0v) is 12.4. The van der Waals surface area contributed by atoms with Crippen LogP contribution >= 0.6 is 0 Å². The van der Waals surface area contributed by atoms with Gasteiger partial charge in [-0.1, -0.05) is 6.07 Å². The number of benzene rings is 1. The van der Waals surface area contributed by atoms with Gasteiger partial charge in [0.1, 0.15) is 0 Å². The highest BCUT2D eigenvalue weighted by atomic mass is 16.5. The van der Waals surface area contributed by atoms with E-state index in [0.29, 0.717) is 0 Å². The van der Waals surface area contributed by atoms with Gasteiger partial charge in [-0.25, -0.2) is 0 Å². The Bertz CT molecular complexity index is 559. The standard InChI is InChI=1S/C15H21N3O2/c1-10-13(11(2)18-17-10)9-16-8-12-5-6-14(19-3)15(7-12)20-4/h5-7,16H,8-9H2,1-4H3,(H,17,18). The normalized spacial score (nSPS) is 10.6. The number of aromatic amines is 1. The summed E-state index contributed by atoms with van der Waals surface area (Å²) in [6.07, 6.45) is 0. The Kier molecular flexibility index (Phi) is 4.63. The minimum atomic E-state index is 0.748. The zero-order chi connectivity index (χ0) is 14.5. The third-order valence-corrected chi connectivity index (χ3v) is 3.36. The van der Waals surface area contributed by atoms with Crippen LogP contribution in [0.1, 0.15) is 22.5 Å². The number of H-pyrrole nitrogens is 1. The Labute approximate surface area is 119 Å². The van der Waals surface area contributed by atoms with Crippen molar-refractivity contribution in [1.29, 1.82) is 0 Å². The molecule has 0 aliphatic carbocycles. The number of nitrogens with one attached hydrogen (secondary N) is 2. The molecule has 0 fully saturated rings. The molecule has 2 aromatic rings. The SMILES string of the molecule is COc1ccc(CNCc2c(C)n[nH]c2C)cc1OC. The molecule has 0 saturated carbocycles. The summed E-state index contributed by atoms with van der Waals surface area (Å²) in [5, 5.41) is 10.6. The van der Waals surface area contributed by atoms with Gasteiger partial charge in [-0.15, -0.1) is 0 Å². The second-order valence-corrected chi connectivity index (χ2v) is 4.71. The molecule has 2 N–H and O–H groups in total. The Hall–Kier alpha value is -2.01. The number of methoxy groups -OCH3 is 2. The number of hydrogen-bond acceptors (Lipinski definition) is 4. The minimum absolute atomic E-state index is 0.748. The first-order chi connectivity index (χ1) is 9.65. The van der Waals surface area contributed by atoms with Gasteiger partial charge in [-0.05, 0) is 31.5 Å². The first kappa shape index (κ1) is 14.4. The van der Waals surface area contributed by atoms with E-state index < -0.39 is 0 Å². The molecule has 5 nitrogen and oxygen atoms in total. The van der Waals surface area contributed by atoms with E-state index in [1.807, 2.05) is 32.0 Å². The van der Waals surface area contributed by atoms with Crippen molar-refractivity contribution in [3.63, 3.8) is 0 Å². The lowest BCUT2D eigenvalue weighted by atomic mass is 10.1. The molecule has 1 heterocycles. The highest BCUT2D eigenvalue weighted by Gasteiger charge is 2.07. The maximum atomic E-state index is 5.30. The van der Waals surface area contributed by atoms with Crippen molar-refractivity contribution in [3.05, 3.63) is 40.7 Å². The second kappa shape index (κ2) is 6.43. The summed E-state index contributed by atoms with van der Waals surface area (Å²) in [4.78, 5) is 0. The summed E-state index contributed by atoms with van der Waals surface area (Å²) in [6, 6.07) is 5.94. The van der Waals surface area contributed by atoms with Gasteiger partial charge in [0.2, 0.25) is 0 Å². The van der Waals surface area contributed by atoms with Crippen LogP contribution in [0.3, 0.4) is 0 Å².